The van der Waals surface area contributed by atoms with Gasteiger partial charge in [0.15, 0.2) is 0 Å². The Hall–Kier alpha value is -2.26. The normalized spacial score (nSPS) is 20.5. The van der Waals surface area contributed by atoms with Crippen LogP contribution >= 0.6 is 15.9 Å². The summed E-state index contributed by atoms with van der Waals surface area (Å²) >= 11 is 3.16. The highest BCUT2D eigenvalue weighted by Crippen LogP contribution is 2.42. The van der Waals surface area contributed by atoms with Crippen LogP contribution in [-0.4, -0.2) is 38.6 Å². The molecule has 9 heteroatoms. The highest BCUT2D eigenvalue weighted by molar-refractivity contribution is 9.10. The van der Waals surface area contributed by atoms with Crippen molar-refractivity contribution in [2.75, 3.05) is 0 Å². The smallest absolute Gasteiger partial charge is 0.362 e. The summed E-state index contributed by atoms with van der Waals surface area (Å²) in [6, 6.07) is 8.77. The zero-order valence-electron chi connectivity index (χ0n) is 12.5. The second kappa shape index (κ2) is 6.23. The van der Waals surface area contributed by atoms with Crippen LogP contribution in [0.4, 0.5) is 13.2 Å². The Morgan fingerprint density at radius 1 is 1.24 bits per heavy atom. The summed E-state index contributed by atoms with van der Waals surface area (Å²) in [4.78, 5) is 16.4. The monoisotopic (exact) mass is 413 g/mol. The number of hydrazone groups is 1. The molecule has 25 heavy (non-hydrogen) atoms. The molecule has 1 aromatic heterocycles. The summed E-state index contributed by atoms with van der Waals surface area (Å²) in [5.41, 5.74) is -3.14. The molecule has 2 aromatic rings. The van der Waals surface area contributed by atoms with Crippen molar-refractivity contribution in [1.82, 2.24) is 9.99 Å². The Kier molecular flexibility index (Phi) is 4.38. The number of aromatic nitrogens is 1. The van der Waals surface area contributed by atoms with Gasteiger partial charge >= 0.3 is 6.18 Å². The van der Waals surface area contributed by atoms with Gasteiger partial charge in [-0.05, 0) is 30.3 Å². The number of hydrogen-bond acceptors (Lipinski definition) is 4. The third-order valence-electron chi connectivity index (χ3n) is 3.72. The number of halogens is 4. The lowest BCUT2D eigenvalue weighted by Crippen LogP contribution is -2.56. The molecule has 1 aliphatic heterocycles. The van der Waals surface area contributed by atoms with Crippen molar-refractivity contribution in [3.8, 4) is 0 Å². The average Bonchev–Trinajstić information content (AvgIpc) is 2.94. The minimum absolute atomic E-state index is 0.0308. The van der Waals surface area contributed by atoms with E-state index in [9.17, 15) is 23.1 Å². The summed E-state index contributed by atoms with van der Waals surface area (Å²) in [5, 5.41) is 14.1. The van der Waals surface area contributed by atoms with Gasteiger partial charge < -0.3 is 5.11 Å². The Bertz CT molecular complexity index is 842. The van der Waals surface area contributed by atoms with Crippen molar-refractivity contribution in [2.24, 2.45) is 5.10 Å². The summed E-state index contributed by atoms with van der Waals surface area (Å²) < 4.78 is 41.0. The van der Waals surface area contributed by atoms with Gasteiger partial charge in [-0.15, -0.1) is 0 Å². The first kappa shape index (κ1) is 17.6. The maximum absolute atomic E-state index is 13.5. The van der Waals surface area contributed by atoms with Crippen molar-refractivity contribution < 1.29 is 23.1 Å². The molecule has 0 unspecified atom stereocenters. The van der Waals surface area contributed by atoms with Crippen LogP contribution < -0.4 is 0 Å². The molecule has 0 aliphatic carbocycles. The van der Waals surface area contributed by atoms with Crippen LogP contribution in [0.15, 0.2) is 58.4 Å². The quantitative estimate of drug-likeness (QED) is 0.820. The summed E-state index contributed by atoms with van der Waals surface area (Å²) in [5.74, 6) is -1.05. The predicted octanol–water partition coefficient (Wildman–Crippen LogP) is 3.35. The van der Waals surface area contributed by atoms with E-state index in [4.69, 9.17) is 0 Å². The fraction of sp³-hybridized carbons (Fsp3) is 0.188. The van der Waals surface area contributed by atoms with E-state index in [1.54, 1.807) is 6.07 Å². The number of amides is 1. The van der Waals surface area contributed by atoms with Crippen LogP contribution in [0.25, 0.3) is 0 Å². The lowest BCUT2D eigenvalue weighted by atomic mass is 10.0. The molecule has 0 fully saturated rings. The molecule has 2 heterocycles. The number of rotatable bonds is 2. The van der Waals surface area contributed by atoms with E-state index in [0.29, 0.717) is 10.0 Å². The van der Waals surface area contributed by atoms with Gasteiger partial charge in [0.1, 0.15) is 0 Å². The second-order valence-corrected chi connectivity index (χ2v) is 6.32. The van der Waals surface area contributed by atoms with Crippen LogP contribution in [0, 0.1) is 0 Å². The highest BCUT2D eigenvalue weighted by Gasteiger charge is 2.63. The molecule has 1 atom stereocenters. The molecule has 1 aliphatic rings. The zero-order chi connectivity index (χ0) is 18.2. The number of carbonyl (C=O) groups excluding carboxylic acids is 1. The van der Waals surface area contributed by atoms with Gasteiger partial charge in [0.2, 0.25) is 0 Å². The van der Waals surface area contributed by atoms with Crippen molar-refractivity contribution in [1.29, 1.82) is 0 Å². The molecule has 0 saturated heterocycles. The molecular formula is C16H11BrF3N3O2. The number of hydrogen-bond donors (Lipinski definition) is 1. The van der Waals surface area contributed by atoms with Crippen LogP contribution in [-0.2, 0) is 0 Å². The minimum Gasteiger partial charge on any atom is -0.362 e. The van der Waals surface area contributed by atoms with E-state index in [-0.39, 0.29) is 16.3 Å². The first-order chi connectivity index (χ1) is 11.7. The molecule has 5 nitrogen and oxygen atoms in total. The molecule has 0 bridgehead atoms. The Morgan fingerprint density at radius 2 is 1.92 bits per heavy atom. The van der Waals surface area contributed by atoms with Gasteiger partial charge in [-0.1, -0.05) is 22.0 Å². The van der Waals surface area contributed by atoms with E-state index in [0.717, 1.165) is 0 Å². The van der Waals surface area contributed by atoms with Crippen LogP contribution in [0.2, 0.25) is 0 Å². The van der Waals surface area contributed by atoms with Crippen LogP contribution in [0.1, 0.15) is 22.3 Å². The van der Waals surface area contributed by atoms with Crippen molar-refractivity contribution in [3.63, 3.8) is 0 Å². The fourth-order valence-electron chi connectivity index (χ4n) is 2.43. The number of carbonyl (C=O) groups is 1. The Morgan fingerprint density at radius 3 is 2.52 bits per heavy atom. The minimum atomic E-state index is -5.08. The number of aliphatic hydroxyl groups is 1. The van der Waals surface area contributed by atoms with Crippen molar-refractivity contribution in [3.05, 3.63) is 64.4 Å². The predicted molar refractivity (Wildman–Crippen MR) is 86.7 cm³/mol. The second-order valence-electron chi connectivity index (χ2n) is 5.40. The highest BCUT2D eigenvalue weighted by atomic mass is 79.9. The third kappa shape index (κ3) is 3.16. The van der Waals surface area contributed by atoms with Gasteiger partial charge in [0, 0.05) is 28.0 Å². The maximum atomic E-state index is 13.5. The third-order valence-corrected chi connectivity index (χ3v) is 4.21. The van der Waals surface area contributed by atoms with Gasteiger partial charge in [-0.25, -0.2) is 0 Å². The summed E-state index contributed by atoms with van der Waals surface area (Å²) in [6.45, 7) is 0. The topological polar surface area (TPSA) is 65.8 Å². The maximum Gasteiger partial charge on any atom is 0.438 e. The van der Waals surface area contributed by atoms with Crippen molar-refractivity contribution >= 4 is 27.5 Å². The van der Waals surface area contributed by atoms with E-state index in [2.05, 4.69) is 26.0 Å². The van der Waals surface area contributed by atoms with E-state index < -0.39 is 24.2 Å². The van der Waals surface area contributed by atoms with Gasteiger partial charge in [0.25, 0.3) is 11.6 Å². The Balaban J connectivity index is 2.06. The zero-order valence-corrected chi connectivity index (χ0v) is 14.1. The van der Waals surface area contributed by atoms with Crippen LogP contribution in [0.5, 0.6) is 0 Å². The molecule has 0 spiro atoms. The van der Waals surface area contributed by atoms with Gasteiger partial charge in [0.05, 0.1) is 12.1 Å². The first-order valence-corrected chi connectivity index (χ1v) is 7.89. The summed E-state index contributed by atoms with van der Waals surface area (Å²) in [7, 11) is 0. The number of benzene rings is 1. The van der Waals surface area contributed by atoms with E-state index >= 15 is 0 Å². The SMILES string of the molecule is O=C(c1cccc(Br)c1)N1N=C(c2ccncc2)C[C@]1(O)C(F)(F)F. The lowest BCUT2D eigenvalue weighted by molar-refractivity contribution is -0.297. The standard InChI is InChI=1S/C16H11BrF3N3O2/c17-12-3-1-2-11(8-12)14(24)23-15(25,16(18,19)20)9-13(22-23)10-4-6-21-7-5-10/h1-8,25H,9H2/t15-/m0/s1. The average molecular weight is 414 g/mol. The molecular weight excluding hydrogens is 403 g/mol. The van der Waals surface area contributed by atoms with Crippen LogP contribution in [0.3, 0.4) is 0 Å². The van der Waals surface area contributed by atoms with Gasteiger partial charge in [-0.2, -0.15) is 23.3 Å². The largest absolute Gasteiger partial charge is 0.438 e. The van der Waals surface area contributed by atoms with E-state index in [1.165, 1.54) is 42.7 Å². The number of pyridine rings is 1. The summed E-state index contributed by atoms with van der Waals surface area (Å²) in [6.07, 6.45) is -3.15. The molecule has 1 N–H and O–H groups in total. The molecule has 130 valence electrons. The molecule has 0 radical (unpaired) electrons. The molecule has 1 aromatic carbocycles. The lowest BCUT2D eigenvalue weighted by Gasteiger charge is -2.32. The number of nitrogens with zero attached hydrogens (tertiary/aromatic N) is 3. The molecule has 3 rings (SSSR count). The van der Waals surface area contributed by atoms with E-state index in [1.807, 2.05) is 0 Å². The van der Waals surface area contributed by atoms with Gasteiger partial charge in [-0.3, -0.25) is 9.78 Å². The fourth-order valence-corrected chi connectivity index (χ4v) is 2.83. The van der Waals surface area contributed by atoms with Crippen molar-refractivity contribution in [2.45, 2.75) is 18.3 Å². The number of alkyl halides is 3. The molecule has 1 amide bonds. The molecule has 0 saturated carbocycles. The Labute approximate surface area is 148 Å². The first-order valence-electron chi connectivity index (χ1n) is 7.09.